The van der Waals surface area contributed by atoms with Crippen molar-refractivity contribution in [3.8, 4) is 0 Å². The fourth-order valence-electron chi connectivity index (χ4n) is 3.72. The van der Waals surface area contributed by atoms with Crippen molar-refractivity contribution in [2.24, 2.45) is 55.2 Å². The number of amides is 1. The van der Waals surface area contributed by atoms with Gasteiger partial charge in [-0.05, 0) is 131 Å². The van der Waals surface area contributed by atoms with Crippen LogP contribution in [0.25, 0.3) is 0 Å². The van der Waals surface area contributed by atoms with Gasteiger partial charge in [0.25, 0.3) is 0 Å². The fraction of sp³-hybridized carbons (Fsp3) is 0.872. The summed E-state index contributed by atoms with van der Waals surface area (Å²) >= 11 is 0. The molecule has 1 rings (SSSR count). The molecule has 0 aliphatic rings. The normalized spacial score (nSPS) is 11.0. The van der Waals surface area contributed by atoms with Crippen molar-refractivity contribution >= 4 is 41.2 Å². The number of carbonyl (C=O) groups excluding carboxylic acids is 4. The molecule has 574 valence electrons. The first-order valence-corrected chi connectivity index (χ1v) is 39.2. The Labute approximate surface area is 586 Å². The van der Waals surface area contributed by atoms with Crippen LogP contribution >= 0.6 is 0 Å². The molecule has 0 aromatic heterocycles. The molecule has 0 aliphatic carbocycles. The summed E-state index contributed by atoms with van der Waals surface area (Å²) in [4.78, 5) is 43.0. The van der Waals surface area contributed by atoms with Crippen LogP contribution in [0.15, 0.2) is 30.3 Å². The highest BCUT2D eigenvalue weighted by molar-refractivity contribution is 6.76. The van der Waals surface area contributed by atoms with E-state index in [1.54, 1.807) is 27.8 Å². The lowest BCUT2D eigenvalue weighted by atomic mass is 9.86. The van der Waals surface area contributed by atoms with E-state index in [1.807, 2.05) is 106 Å². The van der Waals surface area contributed by atoms with E-state index in [-0.39, 0.29) is 82.6 Å². The molecule has 0 saturated carbocycles. The maximum absolute atomic E-state index is 11.7. The molecule has 0 saturated heterocycles. The molecule has 0 heterocycles. The number of aliphatic hydroxyl groups excluding tert-OH is 1. The summed E-state index contributed by atoms with van der Waals surface area (Å²) < 4.78 is 54.9. The number of hydrogen-bond acceptors (Lipinski definition) is 9. The number of benzene rings is 1. The Morgan fingerprint density at radius 1 is 0.505 bits per heavy atom. The van der Waals surface area contributed by atoms with E-state index in [0.717, 1.165) is 43.1 Å². The Morgan fingerprint density at radius 3 is 0.914 bits per heavy atom. The first-order valence-electron chi connectivity index (χ1n) is 33.0. The number of rotatable bonds is 17. The van der Waals surface area contributed by atoms with Crippen LogP contribution in [0.2, 0.25) is 32.7 Å². The van der Waals surface area contributed by atoms with Crippen LogP contribution in [0.1, 0.15) is 328 Å². The largest absolute Gasteiger partial charge is 0.469 e. The first-order chi connectivity index (χ1) is 39.1. The molecule has 1 amide bonds. The molecule has 0 unspecified atom stereocenters. The van der Waals surface area contributed by atoms with Crippen molar-refractivity contribution in [1.29, 1.82) is 0 Å². The Balaban J connectivity index is -0.0000000559. The second-order valence-electron chi connectivity index (χ2n) is 31.0. The first kappa shape index (κ1) is 127. The van der Waals surface area contributed by atoms with Gasteiger partial charge in [-0.15, -0.1) is 0 Å². The molecule has 0 atom stereocenters. The summed E-state index contributed by atoms with van der Waals surface area (Å²) in [7, 11) is 2.54. The van der Waals surface area contributed by atoms with Crippen LogP contribution in [0.3, 0.4) is 0 Å². The zero-order valence-corrected chi connectivity index (χ0v) is 68.1. The number of alkyl halides is 3. The number of carbonyl (C=O) groups is 4. The van der Waals surface area contributed by atoms with E-state index in [2.05, 4.69) is 165 Å². The molecule has 1 aromatic rings. The smallest absolute Gasteiger partial charge is 0.389 e. The molecule has 1 aromatic carbocycles. The highest BCUT2D eigenvalue weighted by Crippen LogP contribution is 2.35. The van der Waals surface area contributed by atoms with Gasteiger partial charge in [0.1, 0.15) is 6.61 Å². The molecule has 10 nitrogen and oxygen atoms in total. The highest BCUT2D eigenvalue weighted by atomic mass is 28.4. The van der Waals surface area contributed by atoms with Gasteiger partial charge in [-0.1, -0.05) is 287 Å². The van der Waals surface area contributed by atoms with Crippen molar-refractivity contribution in [3.63, 3.8) is 0 Å². The van der Waals surface area contributed by atoms with Gasteiger partial charge in [0.2, 0.25) is 5.91 Å². The minimum absolute atomic E-state index is 0. The van der Waals surface area contributed by atoms with Crippen molar-refractivity contribution in [1.82, 2.24) is 5.32 Å². The third-order valence-corrected chi connectivity index (χ3v) is 20.0. The van der Waals surface area contributed by atoms with E-state index in [4.69, 9.17) is 14.0 Å². The number of methoxy groups -OCH3 is 2. The van der Waals surface area contributed by atoms with E-state index in [9.17, 15) is 32.3 Å². The molecule has 0 radical (unpaired) electrons. The minimum Gasteiger partial charge on any atom is -0.469 e. The van der Waals surface area contributed by atoms with E-state index < -0.39 is 35.4 Å². The molecular weight excluding hydrogens is 1210 g/mol. The van der Waals surface area contributed by atoms with Crippen molar-refractivity contribution in [2.75, 3.05) is 27.9 Å². The van der Waals surface area contributed by atoms with Crippen LogP contribution in [0, 0.1) is 55.2 Å². The van der Waals surface area contributed by atoms with Crippen molar-refractivity contribution < 1.29 is 55.8 Å². The van der Waals surface area contributed by atoms with Crippen LogP contribution in [-0.2, 0) is 44.1 Å². The molecule has 15 heteroatoms. The second kappa shape index (κ2) is 65.2. The number of hydrogen-bond donors (Lipinski definition) is 2. The van der Waals surface area contributed by atoms with Gasteiger partial charge in [-0.2, -0.15) is 13.2 Å². The molecule has 0 spiro atoms. The summed E-state index contributed by atoms with van der Waals surface area (Å²) in [5.41, 5.74) is 1.34. The van der Waals surface area contributed by atoms with E-state index >= 15 is 0 Å². The minimum atomic E-state index is -4.01. The van der Waals surface area contributed by atoms with Crippen LogP contribution in [-0.4, -0.2) is 80.3 Å². The van der Waals surface area contributed by atoms with Gasteiger partial charge in [0, 0.05) is 32.4 Å². The van der Waals surface area contributed by atoms with Crippen molar-refractivity contribution in [2.45, 2.75) is 368 Å². The van der Waals surface area contributed by atoms with Crippen LogP contribution < -0.4 is 5.32 Å². The topological polar surface area (TPSA) is 137 Å². The predicted molar refractivity (Wildman–Crippen MR) is 419 cm³/mol. The Morgan fingerprint density at radius 2 is 0.796 bits per heavy atom. The zero-order chi connectivity index (χ0) is 73.2. The second-order valence-corrected chi connectivity index (χ2v) is 38.3. The van der Waals surface area contributed by atoms with Crippen LogP contribution in [0.5, 0.6) is 0 Å². The lowest BCUT2D eigenvalue weighted by Gasteiger charge is -2.23. The molecule has 93 heavy (non-hydrogen) atoms. The number of aliphatic hydroxyl groups is 1. The SMILES string of the molecule is C.C.C.C.C.CC(C)C(C)C.CCC(C)(C)C.CCC(C)(C)C.CCC(C)(C)C(=O)NC.CCC(C)(C)C(=O)OC.CCC(C)(C)C(=O)OCc1ccccc1.CCC(C)(C)CC.CCC(C)(C)CC(F)(F)F.CCC(C)(C)CO.COC(C)=O.C[SiH](C)O[Si](C)(C)C. The number of esters is 3. The summed E-state index contributed by atoms with van der Waals surface area (Å²) in [6.45, 7) is 77.7. The van der Waals surface area contributed by atoms with Gasteiger partial charge < -0.3 is 28.7 Å². The fourth-order valence-corrected chi connectivity index (χ4v) is 9.38. The monoisotopic (exact) mass is 1380 g/mol. The van der Waals surface area contributed by atoms with Crippen molar-refractivity contribution in [3.05, 3.63) is 35.9 Å². The maximum atomic E-state index is 11.7. The molecule has 0 fully saturated rings. The summed E-state index contributed by atoms with van der Waals surface area (Å²) in [5.74, 6) is 1.31. The van der Waals surface area contributed by atoms with E-state index in [1.165, 1.54) is 46.8 Å². The lowest BCUT2D eigenvalue weighted by Crippen LogP contribution is -2.33. The van der Waals surface area contributed by atoms with Gasteiger partial charge in [0.15, 0.2) is 17.4 Å². The molecule has 2 N–H and O–H groups in total. The summed E-state index contributed by atoms with van der Waals surface area (Å²) in [5, 5.41) is 11.2. The Hall–Kier alpha value is -2.76. The third-order valence-electron chi connectivity index (χ3n) is 15.3. The van der Waals surface area contributed by atoms with Gasteiger partial charge >= 0.3 is 24.1 Å². The Bertz CT molecular complexity index is 1700. The van der Waals surface area contributed by atoms with Gasteiger partial charge in [0.05, 0.1) is 25.0 Å². The van der Waals surface area contributed by atoms with Gasteiger partial charge in [-0.25, -0.2) is 0 Å². The van der Waals surface area contributed by atoms with Crippen LogP contribution in [0.4, 0.5) is 13.2 Å². The molecular formula is C78H174F3NO9Si2. The predicted octanol–water partition coefficient (Wildman–Crippen LogP) is 25.9. The maximum Gasteiger partial charge on any atom is 0.389 e. The Kier molecular flexibility index (Phi) is 89.0. The quantitative estimate of drug-likeness (QED) is 0.0887. The highest BCUT2D eigenvalue weighted by Gasteiger charge is 2.35. The average molecular weight is 1380 g/mol. The molecule has 0 bridgehead atoms. The number of halogens is 3. The standard InChI is InChI=1S/C13H18O2.C7H13F3.C7H15NO.C7H14O2.C7H16.C6H14O.3C6H14.C5H16OSi2.C3H6O2.5CH4/c1-4-13(2,3)12(14)15-10-11-8-6-5-7-9-11;1-4-6(2,3)5-7(8,9)10;1-5-7(2,3)6(9)8-4;1-5-7(2,3)6(8)9-4;1-5-7(3,4)6-2;1-4-6(2,3)5-7;2*1-5-6(2,3)4;1-5(2)6(3)4;1-7(2)6-8(3,4)5;1-3(4)5-2;;;;;/h5-9H,4,10H2,1-3H3;4-5H2,1-3H3;5H2,1-4H3,(H,8,9);5H2,1-4H3;5-6H2,1-4H3;7H,4-5H2,1-3H3;2*5H2,1-4H3;5-6H,1-4H3;7H,1-5H3;1-2H3;5*1H4. The number of nitrogens with one attached hydrogen (secondary N) is 1. The summed E-state index contributed by atoms with van der Waals surface area (Å²) in [6, 6.07) is 9.72. The molecule has 0 aliphatic heterocycles. The summed E-state index contributed by atoms with van der Waals surface area (Å²) in [6.07, 6.45) is 4.53. The van der Waals surface area contributed by atoms with E-state index in [0.29, 0.717) is 35.9 Å². The van der Waals surface area contributed by atoms with Gasteiger partial charge in [-0.3, -0.25) is 19.2 Å². The lowest BCUT2D eigenvalue weighted by molar-refractivity contribution is -0.156. The number of ether oxygens (including phenoxy) is 3. The zero-order valence-electron chi connectivity index (χ0n) is 66.0. The average Bonchev–Trinajstić information content (AvgIpc) is 3.65. The third kappa shape index (κ3) is 108.